The van der Waals surface area contributed by atoms with Crippen molar-refractivity contribution in [3.8, 4) is 5.75 Å². The second kappa shape index (κ2) is 9.50. The van der Waals surface area contributed by atoms with Crippen LogP contribution in [0, 0.1) is 23.0 Å². The number of hydrogen-bond acceptors (Lipinski definition) is 5. The lowest BCUT2D eigenvalue weighted by atomic mass is 9.99. The summed E-state index contributed by atoms with van der Waals surface area (Å²) in [5.74, 6) is -1.71. The number of rotatable bonds is 9. The SMILES string of the molecule is CCOc1ccc(CC(CNC(=O)c2cc([N+](=O)[O-])ccc2C)C(=O)O)cc1. The summed E-state index contributed by atoms with van der Waals surface area (Å²) in [6.07, 6.45) is 0.232. The topological polar surface area (TPSA) is 119 Å². The molecule has 0 aliphatic carbocycles. The zero-order valence-corrected chi connectivity index (χ0v) is 15.7. The predicted octanol–water partition coefficient (Wildman–Crippen LogP) is 2.98. The molecule has 8 nitrogen and oxygen atoms in total. The van der Waals surface area contributed by atoms with Crippen LogP contribution in [0.5, 0.6) is 5.75 Å². The molecule has 0 aliphatic heterocycles. The molecule has 0 aliphatic rings. The summed E-state index contributed by atoms with van der Waals surface area (Å²) in [4.78, 5) is 34.3. The Hall–Kier alpha value is -3.42. The molecule has 2 rings (SSSR count). The first-order valence-electron chi connectivity index (χ1n) is 8.79. The van der Waals surface area contributed by atoms with Crippen molar-refractivity contribution < 1.29 is 24.4 Å². The molecule has 0 saturated heterocycles. The molecule has 148 valence electrons. The van der Waals surface area contributed by atoms with Gasteiger partial charge in [0.15, 0.2) is 0 Å². The Morgan fingerprint density at radius 2 is 1.89 bits per heavy atom. The van der Waals surface area contributed by atoms with Gasteiger partial charge < -0.3 is 15.2 Å². The van der Waals surface area contributed by atoms with E-state index in [1.807, 2.05) is 6.92 Å². The predicted molar refractivity (Wildman–Crippen MR) is 103 cm³/mol. The Balaban J connectivity index is 2.05. The van der Waals surface area contributed by atoms with Crippen LogP contribution in [0.4, 0.5) is 5.69 Å². The number of carbonyl (C=O) groups is 2. The molecule has 8 heteroatoms. The van der Waals surface area contributed by atoms with Crippen LogP contribution >= 0.6 is 0 Å². The number of carboxylic acids is 1. The maximum Gasteiger partial charge on any atom is 0.308 e. The number of non-ortho nitro benzene ring substituents is 1. The summed E-state index contributed by atoms with van der Waals surface area (Å²) in [6.45, 7) is 3.98. The van der Waals surface area contributed by atoms with Crippen LogP contribution < -0.4 is 10.1 Å². The third-order valence-corrected chi connectivity index (χ3v) is 4.25. The maximum atomic E-state index is 12.4. The number of hydrogen-bond donors (Lipinski definition) is 2. The highest BCUT2D eigenvalue weighted by molar-refractivity contribution is 5.96. The first-order chi connectivity index (χ1) is 13.3. The van der Waals surface area contributed by atoms with Gasteiger partial charge >= 0.3 is 5.97 Å². The second-order valence-electron chi connectivity index (χ2n) is 6.28. The fraction of sp³-hybridized carbons (Fsp3) is 0.300. The fourth-order valence-electron chi connectivity index (χ4n) is 2.70. The van der Waals surface area contributed by atoms with E-state index < -0.39 is 22.7 Å². The summed E-state index contributed by atoms with van der Waals surface area (Å²) in [7, 11) is 0. The molecule has 2 aromatic carbocycles. The van der Waals surface area contributed by atoms with E-state index in [1.54, 1.807) is 31.2 Å². The summed E-state index contributed by atoms with van der Waals surface area (Å²) >= 11 is 0. The molecular formula is C20H22N2O6. The molecule has 0 bridgehead atoms. The zero-order valence-electron chi connectivity index (χ0n) is 15.7. The Bertz CT molecular complexity index is 863. The standard InChI is InChI=1S/C20H22N2O6/c1-3-28-17-8-5-14(6-9-17)10-15(20(24)25)12-21-19(23)18-11-16(22(26)27)7-4-13(18)2/h4-9,11,15H,3,10,12H2,1-2H3,(H,21,23)(H,24,25). The van der Waals surface area contributed by atoms with E-state index in [-0.39, 0.29) is 24.2 Å². The minimum absolute atomic E-state index is 0.0937. The van der Waals surface area contributed by atoms with E-state index >= 15 is 0 Å². The van der Waals surface area contributed by atoms with Gasteiger partial charge in [-0.1, -0.05) is 18.2 Å². The van der Waals surface area contributed by atoms with Crippen molar-refractivity contribution in [2.45, 2.75) is 20.3 Å². The largest absolute Gasteiger partial charge is 0.494 e. The number of carbonyl (C=O) groups excluding carboxylic acids is 1. The summed E-state index contributed by atoms with van der Waals surface area (Å²) in [5, 5.41) is 22.9. The van der Waals surface area contributed by atoms with Crippen LogP contribution in [0.2, 0.25) is 0 Å². The summed E-state index contributed by atoms with van der Waals surface area (Å²) < 4.78 is 5.36. The highest BCUT2D eigenvalue weighted by Crippen LogP contribution is 2.18. The number of benzene rings is 2. The monoisotopic (exact) mass is 386 g/mol. The van der Waals surface area contributed by atoms with Crippen LogP contribution in [0.25, 0.3) is 0 Å². The Labute approximate surface area is 162 Å². The van der Waals surface area contributed by atoms with Crippen molar-refractivity contribution in [2.75, 3.05) is 13.2 Å². The minimum atomic E-state index is -1.04. The number of ether oxygens (including phenoxy) is 1. The summed E-state index contributed by atoms with van der Waals surface area (Å²) in [6, 6.07) is 11.1. The lowest BCUT2D eigenvalue weighted by Gasteiger charge is -2.14. The molecule has 0 spiro atoms. The molecule has 28 heavy (non-hydrogen) atoms. The van der Waals surface area contributed by atoms with Gasteiger partial charge in [-0.3, -0.25) is 19.7 Å². The Morgan fingerprint density at radius 1 is 1.21 bits per heavy atom. The van der Waals surface area contributed by atoms with E-state index in [2.05, 4.69) is 5.32 Å². The van der Waals surface area contributed by atoms with Crippen molar-refractivity contribution >= 4 is 17.6 Å². The average Bonchev–Trinajstić information content (AvgIpc) is 2.66. The molecule has 2 aromatic rings. The number of aliphatic carboxylic acids is 1. The van der Waals surface area contributed by atoms with Gasteiger partial charge in [0.1, 0.15) is 5.75 Å². The molecule has 0 radical (unpaired) electrons. The Kier molecular flexibility index (Phi) is 7.08. The van der Waals surface area contributed by atoms with E-state index in [1.165, 1.54) is 18.2 Å². The summed E-state index contributed by atoms with van der Waals surface area (Å²) in [5.41, 5.74) is 1.33. The van der Waals surface area contributed by atoms with Gasteiger partial charge in [0, 0.05) is 24.2 Å². The quantitative estimate of drug-likeness (QED) is 0.505. The molecule has 1 atom stereocenters. The van der Waals surface area contributed by atoms with Crippen molar-refractivity contribution in [3.05, 3.63) is 69.3 Å². The molecule has 0 heterocycles. The average molecular weight is 386 g/mol. The maximum absolute atomic E-state index is 12.4. The van der Waals surface area contributed by atoms with Crippen molar-refractivity contribution in [2.24, 2.45) is 5.92 Å². The lowest BCUT2D eigenvalue weighted by Crippen LogP contribution is -2.34. The minimum Gasteiger partial charge on any atom is -0.494 e. The highest BCUT2D eigenvalue weighted by atomic mass is 16.6. The van der Waals surface area contributed by atoms with Gasteiger partial charge in [0.2, 0.25) is 0 Å². The zero-order chi connectivity index (χ0) is 20.7. The van der Waals surface area contributed by atoms with E-state index in [4.69, 9.17) is 4.74 Å². The van der Waals surface area contributed by atoms with E-state index in [0.717, 1.165) is 5.56 Å². The number of amides is 1. The molecule has 0 saturated carbocycles. The van der Waals surface area contributed by atoms with Crippen LogP contribution in [0.3, 0.4) is 0 Å². The molecule has 0 fully saturated rings. The molecular weight excluding hydrogens is 364 g/mol. The van der Waals surface area contributed by atoms with Gasteiger partial charge in [-0.2, -0.15) is 0 Å². The third-order valence-electron chi connectivity index (χ3n) is 4.25. The third kappa shape index (κ3) is 5.54. The van der Waals surface area contributed by atoms with Gasteiger partial charge in [0.25, 0.3) is 11.6 Å². The normalized spacial score (nSPS) is 11.5. The lowest BCUT2D eigenvalue weighted by molar-refractivity contribution is -0.384. The first kappa shape index (κ1) is 20.9. The van der Waals surface area contributed by atoms with Crippen molar-refractivity contribution in [1.82, 2.24) is 5.32 Å². The number of nitro benzene ring substituents is 1. The van der Waals surface area contributed by atoms with Gasteiger partial charge in [-0.15, -0.1) is 0 Å². The van der Waals surface area contributed by atoms with E-state index in [0.29, 0.717) is 17.9 Å². The number of aryl methyl sites for hydroxylation is 1. The van der Waals surface area contributed by atoms with Crippen molar-refractivity contribution in [1.29, 1.82) is 0 Å². The van der Waals surface area contributed by atoms with Crippen LogP contribution in [-0.4, -0.2) is 35.1 Å². The molecule has 1 amide bonds. The number of nitrogens with zero attached hydrogens (tertiary/aromatic N) is 1. The van der Waals surface area contributed by atoms with Gasteiger partial charge in [-0.05, 0) is 43.5 Å². The molecule has 2 N–H and O–H groups in total. The number of nitro groups is 1. The van der Waals surface area contributed by atoms with Crippen LogP contribution in [0.1, 0.15) is 28.4 Å². The van der Waals surface area contributed by atoms with Crippen molar-refractivity contribution in [3.63, 3.8) is 0 Å². The second-order valence-corrected chi connectivity index (χ2v) is 6.28. The fourth-order valence-corrected chi connectivity index (χ4v) is 2.70. The molecule has 0 aromatic heterocycles. The first-order valence-corrected chi connectivity index (χ1v) is 8.79. The number of carboxylic acid groups (broad SMARTS) is 1. The number of nitrogens with one attached hydrogen (secondary N) is 1. The van der Waals surface area contributed by atoms with E-state index in [9.17, 15) is 24.8 Å². The van der Waals surface area contributed by atoms with Crippen LogP contribution in [-0.2, 0) is 11.2 Å². The van der Waals surface area contributed by atoms with Gasteiger partial charge in [0.05, 0.1) is 17.4 Å². The highest BCUT2D eigenvalue weighted by Gasteiger charge is 2.21. The van der Waals surface area contributed by atoms with Crippen LogP contribution in [0.15, 0.2) is 42.5 Å². The molecule has 1 unspecified atom stereocenters. The van der Waals surface area contributed by atoms with Gasteiger partial charge in [-0.25, -0.2) is 0 Å². The smallest absolute Gasteiger partial charge is 0.308 e. The Morgan fingerprint density at radius 3 is 2.46 bits per heavy atom.